The Morgan fingerprint density at radius 3 is 2.62 bits per heavy atom. The third-order valence-corrected chi connectivity index (χ3v) is 2.49. The van der Waals surface area contributed by atoms with Crippen LogP contribution >= 0.6 is 24.4 Å². The van der Waals surface area contributed by atoms with Crippen molar-refractivity contribution in [2.24, 2.45) is 5.73 Å². The van der Waals surface area contributed by atoms with Crippen LogP contribution in [0.3, 0.4) is 0 Å². The van der Waals surface area contributed by atoms with Crippen LogP contribution in [-0.2, 0) is 15.4 Å². The van der Waals surface area contributed by atoms with Gasteiger partial charge in [-0.15, -0.1) is 12.4 Å². The molecule has 0 atom stereocenters. The van der Waals surface area contributed by atoms with E-state index in [1.165, 1.54) is 5.56 Å². The fraction of sp³-hybridized carbons (Fsp3) is 0.364. The van der Waals surface area contributed by atoms with Gasteiger partial charge in [-0.1, -0.05) is 30.3 Å². The van der Waals surface area contributed by atoms with Gasteiger partial charge in [0.25, 0.3) is 0 Å². The fourth-order valence-electron chi connectivity index (χ4n) is 1.09. The van der Waals surface area contributed by atoms with Crippen molar-refractivity contribution in [3.8, 4) is 0 Å². The van der Waals surface area contributed by atoms with Gasteiger partial charge in [0.15, 0.2) is 0 Å². The molecule has 2 N–H and O–H groups in total. The summed E-state index contributed by atoms with van der Waals surface area (Å²) in [5.74, 6) is 0. The topological polar surface area (TPSA) is 52.3 Å². The summed E-state index contributed by atoms with van der Waals surface area (Å²) in [7, 11) is 0. The van der Waals surface area contributed by atoms with E-state index < -0.39 is 0 Å². The van der Waals surface area contributed by atoms with E-state index in [0.717, 1.165) is 18.5 Å². The van der Waals surface area contributed by atoms with Crippen LogP contribution in [0.5, 0.6) is 0 Å². The zero-order chi connectivity index (χ0) is 10.9. The second kappa shape index (κ2) is 9.66. The van der Waals surface area contributed by atoms with Crippen LogP contribution in [0, 0.1) is 0 Å². The van der Waals surface area contributed by atoms with Gasteiger partial charge in [0.1, 0.15) is 0 Å². The molecule has 5 heteroatoms. The van der Waals surface area contributed by atoms with Crippen LogP contribution in [0.4, 0.5) is 0 Å². The van der Waals surface area contributed by atoms with Gasteiger partial charge in [-0.05, 0) is 12.0 Å². The number of hydrogen-bond acceptors (Lipinski definition) is 4. The molecule has 1 aromatic carbocycles. The first-order chi connectivity index (χ1) is 7.33. The molecule has 1 rings (SSSR count). The molecular formula is C11H16ClNO2S. The number of hydrogen-bond donors (Lipinski definition) is 1. The lowest BCUT2D eigenvalue weighted by Crippen LogP contribution is -2.06. The van der Waals surface area contributed by atoms with Crippen molar-refractivity contribution in [1.82, 2.24) is 0 Å². The smallest absolute Gasteiger partial charge is 0.215 e. The third-order valence-electron chi connectivity index (χ3n) is 1.81. The van der Waals surface area contributed by atoms with Crippen molar-refractivity contribution in [3.05, 3.63) is 35.9 Å². The molecule has 0 aliphatic rings. The highest BCUT2D eigenvalue weighted by atomic mass is 35.5. The van der Waals surface area contributed by atoms with E-state index in [9.17, 15) is 4.79 Å². The first kappa shape index (κ1) is 15.4. The van der Waals surface area contributed by atoms with Crippen molar-refractivity contribution < 1.29 is 8.98 Å². The average molecular weight is 262 g/mol. The first-order valence-electron chi connectivity index (χ1n) is 4.89. The lowest BCUT2D eigenvalue weighted by molar-refractivity contribution is -0.111. The fourth-order valence-corrected chi connectivity index (χ4v) is 1.58. The predicted molar refractivity (Wildman–Crippen MR) is 69.6 cm³/mol. The van der Waals surface area contributed by atoms with E-state index in [2.05, 4.69) is 0 Å². The van der Waals surface area contributed by atoms with E-state index in [4.69, 9.17) is 9.92 Å². The molecule has 0 amide bonds. The van der Waals surface area contributed by atoms with Crippen LogP contribution in [0.2, 0.25) is 0 Å². The molecule has 0 bridgehead atoms. The van der Waals surface area contributed by atoms with Crippen LogP contribution < -0.4 is 5.73 Å². The summed E-state index contributed by atoms with van der Waals surface area (Å²) in [6.45, 7) is 0.862. The standard InChI is InChI=1S/C11H15NO2S.ClH/c12-8-9-14-15-11(13)7-6-10-4-2-1-3-5-10;/h1-5H,6-9,12H2;1H. The number of carbonyl (C=O) groups is 1. The summed E-state index contributed by atoms with van der Waals surface area (Å²) in [6.07, 6.45) is 1.26. The van der Waals surface area contributed by atoms with Crippen molar-refractivity contribution >= 4 is 29.6 Å². The van der Waals surface area contributed by atoms with Gasteiger partial charge >= 0.3 is 0 Å². The molecule has 0 aliphatic carbocycles. The van der Waals surface area contributed by atoms with E-state index in [0.29, 0.717) is 19.6 Å². The van der Waals surface area contributed by atoms with Gasteiger partial charge in [-0.3, -0.25) is 4.79 Å². The summed E-state index contributed by atoms with van der Waals surface area (Å²) < 4.78 is 4.98. The van der Waals surface area contributed by atoms with E-state index >= 15 is 0 Å². The molecule has 0 aromatic heterocycles. The molecule has 0 fully saturated rings. The maximum absolute atomic E-state index is 11.3. The van der Waals surface area contributed by atoms with Crippen molar-refractivity contribution in [2.45, 2.75) is 12.8 Å². The molecule has 1 aromatic rings. The van der Waals surface area contributed by atoms with E-state index in [-0.39, 0.29) is 17.5 Å². The molecule has 3 nitrogen and oxygen atoms in total. The lowest BCUT2D eigenvalue weighted by Gasteiger charge is -2.00. The SMILES string of the molecule is Cl.NCCOSC(=O)CCc1ccccc1. The molecular weight excluding hydrogens is 246 g/mol. The van der Waals surface area contributed by atoms with Gasteiger partial charge in [0, 0.05) is 13.0 Å². The largest absolute Gasteiger partial charge is 0.328 e. The maximum atomic E-state index is 11.3. The number of rotatable bonds is 6. The molecule has 0 saturated carbocycles. The Morgan fingerprint density at radius 1 is 1.31 bits per heavy atom. The summed E-state index contributed by atoms with van der Waals surface area (Å²) in [5.41, 5.74) is 6.40. The number of benzene rings is 1. The third kappa shape index (κ3) is 6.85. The highest BCUT2D eigenvalue weighted by Gasteiger charge is 2.03. The van der Waals surface area contributed by atoms with Gasteiger partial charge < -0.3 is 9.92 Å². The van der Waals surface area contributed by atoms with Gasteiger partial charge in [-0.2, -0.15) is 0 Å². The van der Waals surface area contributed by atoms with Gasteiger partial charge in [0.2, 0.25) is 5.12 Å². The van der Waals surface area contributed by atoms with Crippen LogP contribution in [0.25, 0.3) is 0 Å². The molecule has 16 heavy (non-hydrogen) atoms. The minimum Gasteiger partial charge on any atom is -0.328 e. The number of nitrogens with two attached hydrogens (primary N) is 1. The zero-order valence-electron chi connectivity index (χ0n) is 8.93. The van der Waals surface area contributed by atoms with Crippen molar-refractivity contribution in [2.75, 3.05) is 13.2 Å². The molecule has 0 unspecified atom stereocenters. The lowest BCUT2D eigenvalue weighted by atomic mass is 10.1. The maximum Gasteiger partial charge on any atom is 0.215 e. The Bertz CT molecular complexity index is 295. The Kier molecular flexibility index (Phi) is 9.33. The van der Waals surface area contributed by atoms with Crippen LogP contribution in [0.15, 0.2) is 30.3 Å². The predicted octanol–water partition coefficient (Wildman–Crippen LogP) is 2.19. The number of halogens is 1. The molecule has 0 aliphatic heterocycles. The summed E-state index contributed by atoms with van der Waals surface area (Å²) in [5, 5.41) is 0.0484. The highest BCUT2D eigenvalue weighted by molar-refractivity contribution is 8.09. The molecule has 0 saturated heterocycles. The second-order valence-electron chi connectivity index (χ2n) is 3.05. The van der Waals surface area contributed by atoms with Crippen molar-refractivity contribution in [3.63, 3.8) is 0 Å². The average Bonchev–Trinajstić information content (AvgIpc) is 2.28. The van der Waals surface area contributed by atoms with Gasteiger partial charge in [0.05, 0.1) is 18.6 Å². The Balaban J connectivity index is 0.00000225. The first-order valence-corrected chi connectivity index (χ1v) is 5.63. The molecule has 0 heterocycles. The minimum absolute atomic E-state index is 0. The van der Waals surface area contributed by atoms with E-state index in [1.54, 1.807) is 0 Å². The molecule has 0 radical (unpaired) electrons. The van der Waals surface area contributed by atoms with Gasteiger partial charge in [-0.25, -0.2) is 0 Å². The Hall–Kier alpha value is -0.550. The highest BCUT2D eigenvalue weighted by Crippen LogP contribution is 2.10. The Labute approximate surface area is 106 Å². The van der Waals surface area contributed by atoms with E-state index in [1.807, 2.05) is 30.3 Å². The number of carbonyl (C=O) groups excluding carboxylic acids is 1. The summed E-state index contributed by atoms with van der Waals surface area (Å²) in [4.78, 5) is 11.3. The van der Waals surface area contributed by atoms with Crippen LogP contribution in [-0.4, -0.2) is 18.3 Å². The zero-order valence-corrected chi connectivity index (χ0v) is 10.6. The summed E-state index contributed by atoms with van der Waals surface area (Å²) in [6, 6.07) is 9.93. The molecule has 0 spiro atoms. The Morgan fingerprint density at radius 2 is 2.00 bits per heavy atom. The quantitative estimate of drug-likeness (QED) is 0.630. The van der Waals surface area contributed by atoms with Crippen LogP contribution in [0.1, 0.15) is 12.0 Å². The monoisotopic (exact) mass is 261 g/mol. The molecule has 90 valence electrons. The minimum atomic E-state index is 0. The second-order valence-corrected chi connectivity index (χ2v) is 3.91. The normalized spacial score (nSPS) is 9.56. The van der Waals surface area contributed by atoms with Crippen molar-refractivity contribution in [1.29, 1.82) is 0 Å². The number of aryl methyl sites for hydroxylation is 1. The summed E-state index contributed by atoms with van der Waals surface area (Å²) >= 11 is 0.901.